The third kappa shape index (κ3) is 5.57. The Balaban J connectivity index is 0.00000109. The lowest BCUT2D eigenvalue weighted by atomic mass is 10.1. The summed E-state index contributed by atoms with van der Waals surface area (Å²) in [5.41, 5.74) is 0.664. The second-order valence-corrected chi connectivity index (χ2v) is 6.51. The van der Waals surface area contributed by atoms with Crippen molar-refractivity contribution in [2.45, 2.75) is 16.2 Å². The van der Waals surface area contributed by atoms with E-state index in [2.05, 4.69) is 27.9 Å². The SMILES string of the molecule is CI.COc1ccccc1S[C@H](c1ccccc1F)[C@H]1CNCCO1. The van der Waals surface area contributed by atoms with Crippen LogP contribution < -0.4 is 10.1 Å². The molecule has 0 bridgehead atoms. The number of para-hydroxylation sites is 1. The number of methoxy groups -OCH3 is 1. The number of halogens is 2. The maximum Gasteiger partial charge on any atom is 0.132 e. The van der Waals surface area contributed by atoms with Gasteiger partial charge in [0.25, 0.3) is 0 Å². The molecular weight excluding hydrogens is 452 g/mol. The zero-order chi connectivity index (χ0) is 18.1. The van der Waals surface area contributed by atoms with E-state index in [1.165, 1.54) is 6.07 Å². The molecule has 1 fully saturated rings. The lowest BCUT2D eigenvalue weighted by Gasteiger charge is -2.31. The first kappa shape index (κ1) is 20.5. The summed E-state index contributed by atoms with van der Waals surface area (Å²) in [5, 5.41) is 3.19. The highest BCUT2D eigenvalue weighted by atomic mass is 127. The van der Waals surface area contributed by atoms with Crippen LogP contribution in [0.15, 0.2) is 53.4 Å². The van der Waals surface area contributed by atoms with Crippen molar-refractivity contribution in [2.24, 2.45) is 0 Å². The van der Waals surface area contributed by atoms with Crippen molar-refractivity contribution >= 4 is 34.4 Å². The van der Waals surface area contributed by atoms with Crippen molar-refractivity contribution in [2.75, 3.05) is 31.7 Å². The minimum Gasteiger partial charge on any atom is -0.496 e. The van der Waals surface area contributed by atoms with Gasteiger partial charge in [-0.2, -0.15) is 0 Å². The zero-order valence-corrected chi connectivity index (χ0v) is 17.3. The first-order valence-electron chi connectivity index (χ1n) is 8.04. The quantitative estimate of drug-likeness (QED) is 0.386. The Morgan fingerprint density at radius 3 is 2.60 bits per heavy atom. The summed E-state index contributed by atoms with van der Waals surface area (Å²) < 4.78 is 25.7. The Labute approximate surface area is 166 Å². The van der Waals surface area contributed by atoms with Crippen molar-refractivity contribution < 1.29 is 13.9 Å². The van der Waals surface area contributed by atoms with E-state index in [9.17, 15) is 4.39 Å². The van der Waals surface area contributed by atoms with Gasteiger partial charge < -0.3 is 14.8 Å². The van der Waals surface area contributed by atoms with Crippen LogP contribution in [0.4, 0.5) is 4.39 Å². The third-order valence-electron chi connectivity index (χ3n) is 3.83. The lowest BCUT2D eigenvalue weighted by molar-refractivity contribution is 0.0268. The Morgan fingerprint density at radius 2 is 1.92 bits per heavy atom. The van der Waals surface area contributed by atoms with Crippen LogP contribution in [0.1, 0.15) is 10.8 Å². The van der Waals surface area contributed by atoms with Crippen LogP contribution in [0.3, 0.4) is 0 Å². The van der Waals surface area contributed by atoms with Crippen LogP contribution in [0, 0.1) is 5.82 Å². The minimum atomic E-state index is -0.200. The molecule has 0 saturated carbocycles. The van der Waals surface area contributed by atoms with Crippen LogP contribution in [0.2, 0.25) is 0 Å². The number of nitrogens with one attached hydrogen (secondary N) is 1. The molecule has 0 radical (unpaired) electrons. The van der Waals surface area contributed by atoms with E-state index in [1.54, 1.807) is 24.9 Å². The van der Waals surface area contributed by atoms with Gasteiger partial charge in [-0.15, -0.1) is 11.8 Å². The number of morpholine rings is 1. The number of hydrogen-bond acceptors (Lipinski definition) is 4. The second kappa shape index (κ2) is 11.0. The molecule has 6 heteroatoms. The van der Waals surface area contributed by atoms with Crippen LogP contribution in [0.25, 0.3) is 0 Å². The van der Waals surface area contributed by atoms with Crippen molar-refractivity contribution in [1.29, 1.82) is 0 Å². The monoisotopic (exact) mass is 475 g/mol. The first-order valence-corrected chi connectivity index (χ1v) is 11.1. The standard InChI is InChI=1S/C18H20FNO2S.CH3I/c1-21-15-8-4-5-9-17(15)23-18(16-12-20-10-11-22-16)13-6-2-3-7-14(13)19;1-2/h2-9,16,18,20H,10-12H2,1H3;1H3/t16-,18-;/m1./s1. The molecule has 0 aromatic heterocycles. The summed E-state index contributed by atoms with van der Waals surface area (Å²) >= 11 is 3.73. The molecule has 136 valence electrons. The van der Waals surface area contributed by atoms with Crippen molar-refractivity contribution in [3.05, 3.63) is 59.9 Å². The molecule has 0 aliphatic carbocycles. The van der Waals surface area contributed by atoms with Gasteiger partial charge >= 0.3 is 0 Å². The normalized spacial score (nSPS) is 18.0. The van der Waals surface area contributed by atoms with Gasteiger partial charge in [-0.25, -0.2) is 4.39 Å². The summed E-state index contributed by atoms with van der Waals surface area (Å²) in [6.45, 7) is 2.18. The van der Waals surface area contributed by atoms with Gasteiger partial charge in [0.1, 0.15) is 11.6 Å². The van der Waals surface area contributed by atoms with Gasteiger partial charge in [-0.05, 0) is 23.1 Å². The first-order chi connectivity index (χ1) is 12.3. The van der Waals surface area contributed by atoms with E-state index in [0.717, 1.165) is 17.2 Å². The highest BCUT2D eigenvalue weighted by molar-refractivity contribution is 14.1. The van der Waals surface area contributed by atoms with Crippen molar-refractivity contribution in [3.8, 4) is 5.75 Å². The number of alkyl halides is 1. The fourth-order valence-electron chi connectivity index (χ4n) is 2.68. The van der Waals surface area contributed by atoms with Gasteiger partial charge in [-0.3, -0.25) is 0 Å². The Morgan fingerprint density at radius 1 is 1.20 bits per heavy atom. The largest absolute Gasteiger partial charge is 0.496 e. The maximum atomic E-state index is 14.4. The third-order valence-corrected chi connectivity index (χ3v) is 5.23. The highest BCUT2D eigenvalue weighted by Gasteiger charge is 2.29. The van der Waals surface area contributed by atoms with Gasteiger partial charge in [0.05, 0.1) is 30.0 Å². The van der Waals surface area contributed by atoms with E-state index < -0.39 is 0 Å². The molecule has 1 N–H and O–H groups in total. The molecule has 2 atom stereocenters. The highest BCUT2D eigenvalue weighted by Crippen LogP contribution is 2.43. The van der Waals surface area contributed by atoms with E-state index in [-0.39, 0.29) is 17.2 Å². The molecule has 25 heavy (non-hydrogen) atoms. The molecule has 3 rings (SSSR count). The van der Waals surface area contributed by atoms with Crippen LogP contribution in [-0.2, 0) is 4.74 Å². The summed E-state index contributed by atoms with van der Waals surface area (Å²) in [4.78, 5) is 2.95. The van der Waals surface area contributed by atoms with Gasteiger partial charge in [-0.1, -0.05) is 52.9 Å². The average molecular weight is 475 g/mol. The molecule has 2 aromatic carbocycles. The Bertz CT molecular complexity index is 653. The molecule has 1 saturated heterocycles. The Hall–Kier alpha value is -0.830. The molecule has 1 aliphatic rings. The molecule has 2 aromatic rings. The second-order valence-electron chi connectivity index (χ2n) is 5.32. The van der Waals surface area contributed by atoms with E-state index >= 15 is 0 Å². The van der Waals surface area contributed by atoms with Gasteiger partial charge in [0.2, 0.25) is 0 Å². The van der Waals surface area contributed by atoms with E-state index in [4.69, 9.17) is 9.47 Å². The number of ether oxygens (including phenoxy) is 2. The molecule has 0 spiro atoms. The Kier molecular flexibility index (Phi) is 9.02. The maximum absolute atomic E-state index is 14.4. The van der Waals surface area contributed by atoms with Crippen LogP contribution >= 0.6 is 34.4 Å². The summed E-state index contributed by atoms with van der Waals surface area (Å²) in [7, 11) is 1.65. The average Bonchev–Trinajstić information content (AvgIpc) is 2.69. The van der Waals surface area contributed by atoms with Crippen molar-refractivity contribution in [3.63, 3.8) is 0 Å². The number of hydrogen-bond donors (Lipinski definition) is 1. The topological polar surface area (TPSA) is 30.5 Å². The van der Waals surface area contributed by atoms with Gasteiger partial charge in [0.15, 0.2) is 0 Å². The summed E-state index contributed by atoms with van der Waals surface area (Å²) in [5.74, 6) is 0.594. The number of thioether (sulfide) groups is 1. The molecule has 3 nitrogen and oxygen atoms in total. The lowest BCUT2D eigenvalue weighted by Crippen LogP contribution is -2.41. The predicted molar refractivity (Wildman–Crippen MR) is 111 cm³/mol. The molecule has 0 amide bonds. The number of rotatable bonds is 5. The van der Waals surface area contributed by atoms with Gasteiger partial charge in [0, 0.05) is 18.7 Å². The molecule has 0 unspecified atom stereocenters. The summed E-state index contributed by atoms with van der Waals surface area (Å²) in [6, 6.07) is 14.7. The fraction of sp³-hybridized carbons (Fsp3) is 0.368. The fourth-order valence-corrected chi connectivity index (χ4v) is 4.02. The molecular formula is C19H23FINO2S. The minimum absolute atomic E-state index is 0.0874. The van der Waals surface area contributed by atoms with Crippen LogP contribution in [0.5, 0.6) is 5.75 Å². The van der Waals surface area contributed by atoms with Crippen LogP contribution in [-0.4, -0.2) is 37.8 Å². The van der Waals surface area contributed by atoms with E-state index in [1.807, 2.05) is 41.3 Å². The van der Waals surface area contributed by atoms with Crippen molar-refractivity contribution in [1.82, 2.24) is 5.32 Å². The number of benzene rings is 2. The summed E-state index contributed by atoms with van der Waals surface area (Å²) in [6.07, 6.45) is -0.0874. The zero-order valence-electron chi connectivity index (χ0n) is 14.4. The predicted octanol–water partition coefficient (Wildman–Crippen LogP) is 4.71. The smallest absolute Gasteiger partial charge is 0.132 e. The van der Waals surface area contributed by atoms with E-state index in [0.29, 0.717) is 18.7 Å². The molecule has 1 aliphatic heterocycles. The molecule has 1 heterocycles.